The fraction of sp³-hybridized carbons (Fsp3) is 0.667. The van der Waals surface area contributed by atoms with Gasteiger partial charge >= 0.3 is 5.97 Å². The Hall–Kier alpha value is -1.85. The number of aromatic nitrogens is 1. The molecule has 1 saturated carbocycles. The third-order valence-corrected chi connectivity index (χ3v) is 4.66. The Labute approximate surface area is 123 Å². The molecule has 3 rings (SSSR count). The minimum Gasteiger partial charge on any atom is -0.481 e. The van der Waals surface area contributed by atoms with Gasteiger partial charge in [0, 0.05) is 12.6 Å². The van der Waals surface area contributed by atoms with Gasteiger partial charge in [-0.1, -0.05) is 11.6 Å². The summed E-state index contributed by atoms with van der Waals surface area (Å²) in [5.74, 6) is -1.08. The molecular weight excluding hydrogens is 272 g/mol. The first-order valence-corrected chi connectivity index (χ1v) is 7.54. The minimum atomic E-state index is -0.850. The standard InChI is InChI=1S/C15H20N2O4/c1-9-8-13(21-16-9)12-6-3-7-17(12)14(18)10-4-2-5-11(10)15(19)20/h8,10-12H,2-7H2,1H3,(H,19,20)/t10-,11+,12?/m1/s1. The van der Waals surface area contributed by atoms with E-state index in [-0.39, 0.29) is 17.9 Å². The molecule has 1 saturated heterocycles. The number of amides is 1. The second-order valence-electron chi connectivity index (χ2n) is 6.04. The molecule has 1 unspecified atom stereocenters. The van der Waals surface area contributed by atoms with Crippen LogP contribution in [-0.4, -0.2) is 33.6 Å². The van der Waals surface area contributed by atoms with Crippen molar-refractivity contribution in [3.63, 3.8) is 0 Å². The van der Waals surface area contributed by atoms with Crippen molar-refractivity contribution in [3.05, 3.63) is 17.5 Å². The van der Waals surface area contributed by atoms with Crippen molar-refractivity contribution in [1.82, 2.24) is 10.1 Å². The van der Waals surface area contributed by atoms with Crippen LogP contribution in [0.3, 0.4) is 0 Å². The summed E-state index contributed by atoms with van der Waals surface area (Å²) in [4.78, 5) is 25.8. The maximum atomic E-state index is 12.8. The SMILES string of the molecule is Cc1cc(C2CCCN2C(=O)[C@@H]2CCC[C@@H]2C(=O)O)on1. The van der Waals surface area contributed by atoms with Gasteiger partial charge in [-0.2, -0.15) is 0 Å². The lowest BCUT2D eigenvalue weighted by Gasteiger charge is -2.27. The van der Waals surface area contributed by atoms with Gasteiger partial charge in [0.25, 0.3) is 0 Å². The number of aryl methyl sites for hydroxylation is 1. The average Bonchev–Trinajstić information content (AvgIpc) is 3.17. The zero-order valence-corrected chi connectivity index (χ0v) is 12.1. The second-order valence-corrected chi connectivity index (χ2v) is 6.04. The Balaban J connectivity index is 1.78. The lowest BCUT2D eigenvalue weighted by molar-refractivity contribution is -0.149. The smallest absolute Gasteiger partial charge is 0.307 e. The van der Waals surface area contributed by atoms with Crippen LogP contribution in [-0.2, 0) is 9.59 Å². The van der Waals surface area contributed by atoms with Crippen molar-refractivity contribution < 1.29 is 19.2 Å². The zero-order chi connectivity index (χ0) is 15.0. The normalized spacial score (nSPS) is 29.0. The van der Waals surface area contributed by atoms with Crippen molar-refractivity contribution in [3.8, 4) is 0 Å². The number of likely N-dealkylation sites (tertiary alicyclic amines) is 1. The molecule has 21 heavy (non-hydrogen) atoms. The molecule has 0 spiro atoms. The van der Waals surface area contributed by atoms with Crippen molar-refractivity contribution in [1.29, 1.82) is 0 Å². The van der Waals surface area contributed by atoms with Crippen molar-refractivity contribution in [2.45, 2.75) is 45.1 Å². The molecule has 2 fully saturated rings. The van der Waals surface area contributed by atoms with E-state index >= 15 is 0 Å². The molecule has 1 N–H and O–H groups in total. The molecule has 1 aromatic rings. The van der Waals surface area contributed by atoms with Crippen molar-refractivity contribution in [2.75, 3.05) is 6.54 Å². The lowest BCUT2D eigenvalue weighted by atomic mass is 9.94. The highest BCUT2D eigenvalue weighted by atomic mass is 16.5. The Bertz CT molecular complexity index is 554. The number of carbonyl (C=O) groups is 2. The van der Waals surface area contributed by atoms with Crippen LogP contribution in [0.2, 0.25) is 0 Å². The molecule has 1 aliphatic carbocycles. The Kier molecular flexibility index (Phi) is 3.69. The number of hydrogen-bond acceptors (Lipinski definition) is 4. The molecule has 1 aromatic heterocycles. The van der Waals surface area contributed by atoms with Gasteiger partial charge in [0.15, 0.2) is 5.76 Å². The highest BCUT2D eigenvalue weighted by molar-refractivity contribution is 5.85. The highest BCUT2D eigenvalue weighted by Crippen LogP contribution is 2.39. The number of hydrogen-bond donors (Lipinski definition) is 1. The van der Waals surface area contributed by atoms with Crippen molar-refractivity contribution >= 4 is 11.9 Å². The summed E-state index contributed by atoms with van der Waals surface area (Å²) < 4.78 is 5.31. The largest absolute Gasteiger partial charge is 0.481 e. The van der Waals surface area contributed by atoms with Crippen LogP contribution in [0.15, 0.2) is 10.6 Å². The first-order chi connectivity index (χ1) is 10.1. The van der Waals surface area contributed by atoms with E-state index in [1.807, 2.05) is 13.0 Å². The number of nitrogens with zero attached hydrogens (tertiary/aromatic N) is 2. The predicted molar refractivity (Wildman–Crippen MR) is 73.4 cm³/mol. The van der Waals surface area contributed by atoms with E-state index in [0.717, 1.165) is 25.0 Å². The number of carboxylic acid groups (broad SMARTS) is 1. The molecule has 0 bridgehead atoms. The first kappa shape index (κ1) is 14.1. The summed E-state index contributed by atoms with van der Waals surface area (Å²) in [6.07, 6.45) is 3.86. The fourth-order valence-corrected chi connectivity index (χ4v) is 3.63. The highest BCUT2D eigenvalue weighted by Gasteiger charge is 2.43. The van der Waals surface area contributed by atoms with Gasteiger partial charge in [-0.05, 0) is 32.6 Å². The molecule has 0 radical (unpaired) electrons. The van der Waals surface area contributed by atoms with Crippen molar-refractivity contribution in [2.24, 2.45) is 11.8 Å². The third-order valence-electron chi connectivity index (χ3n) is 4.66. The van der Waals surface area contributed by atoms with Crippen LogP contribution in [0.1, 0.15) is 49.6 Å². The molecule has 2 aliphatic rings. The maximum absolute atomic E-state index is 12.8. The van der Waals surface area contributed by atoms with E-state index in [0.29, 0.717) is 25.1 Å². The number of rotatable bonds is 3. The second kappa shape index (κ2) is 5.50. The van der Waals surface area contributed by atoms with Crippen LogP contribution in [0.4, 0.5) is 0 Å². The molecule has 114 valence electrons. The van der Waals surface area contributed by atoms with Gasteiger partial charge in [0.2, 0.25) is 5.91 Å². The Morgan fingerprint density at radius 1 is 1.29 bits per heavy atom. The molecule has 3 atom stereocenters. The van der Waals surface area contributed by atoms with E-state index in [1.165, 1.54) is 0 Å². The van der Waals surface area contributed by atoms with Gasteiger partial charge in [-0.25, -0.2) is 0 Å². The third kappa shape index (κ3) is 2.54. The lowest BCUT2D eigenvalue weighted by Crippen LogP contribution is -2.38. The zero-order valence-electron chi connectivity index (χ0n) is 12.1. The van der Waals surface area contributed by atoms with E-state index in [9.17, 15) is 14.7 Å². The van der Waals surface area contributed by atoms with Gasteiger partial charge < -0.3 is 14.5 Å². The van der Waals surface area contributed by atoms with Gasteiger partial charge in [0.05, 0.1) is 23.6 Å². The van der Waals surface area contributed by atoms with Gasteiger partial charge in [0.1, 0.15) is 0 Å². The van der Waals surface area contributed by atoms with E-state index in [1.54, 1.807) is 4.90 Å². The minimum absolute atomic E-state index is 0.0311. The van der Waals surface area contributed by atoms with E-state index < -0.39 is 11.9 Å². The molecule has 6 heteroatoms. The molecule has 0 aromatic carbocycles. The van der Waals surface area contributed by atoms with Crippen LogP contribution in [0.25, 0.3) is 0 Å². The Morgan fingerprint density at radius 3 is 2.71 bits per heavy atom. The van der Waals surface area contributed by atoms with E-state index in [2.05, 4.69) is 5.16 Å². The van der Waals surface area contributed by atoms with Crippen LogP contribution in [0.5, 0.6) is 0 Å². The number of aliphatic carboxylic acids is 1. The summed E-state index contributed by atoms with van der Waals surface area (Å²) in [5.41, 5.74) is 0.800. The van der Waals surface area contributed by atoms with E-state index in [4.69, 9.17) is 4.52 Å². The number of carboxylic acids is 1. The molecule has 1 amide bonds. The van der Waals surface area contributed by atoms with Gasteiger partial charge in [-0.15, -0.1) is 0 Å². The molecule has 1 aliphatic heterocycles. The summed E-state index contributed by atoms with van der Waals surface area (Å²) in [7, 11) is 0. The first-order valence-electron chi connectivity index (χ1n) is 7.54. The predicted octanol–water partition coefficient (Wildman–Crippen LogP) is 2.15. The molecular formula is C15H20N2O4. The summed E-state index contributed by atoms with van der Waals surface area (Å²) >= 11 is 0. The van der Waals surface area contributed by atoms with Crippen LogP contribution >= 0.6 is 0 Å². The van der Waals surface area contributed by atoms with Gasteiger partial charge in [-0.3, -0.25) is 9.59 Å². The fourth-order valence-electron chi connectivity index (χ4n) is 3.63. The molecule has 2 heterocycles. The molecule has 6 nitrogen and oxygen atoms in total. The maximum Gasteiger partial charge on any atom is 0.307 e. The van der Waals surface area contributed by atoms with Crippen LogP contribution < -0.4 is 0 Å². The summed E-state index contributed by atoms with van der Waals surface area (Å²) in [5, 5.41) is 13.2. The average molecular weight is 292 g/mol. The Morgan fingerprint density at radius 2 is 2.05 bits per heavy atom. The summed E-state index contributed by atoms with van der Waals surface area (Å²) in [6, 6.07) is 1.77. The topological polar surface area (TPSA) is 83.6 Å². The monoisotopic (exact) mass is 292 g/mol. The summed E-state index contributed by atoms with van der Waals surface area (Å²) in [6.45, 7) is 2.53. The number of carbonyl (C=O) groups excluding carboxylic acids is 1. The van der Waals surface area contributed by atoms with Crippen LogP contribution in [0, 0.1) is 18.8 Å². The quantitative estimate of drug-likeness (QED) is 0.922.